The molecule has 0 aromatic heterocycles. The molecule has 1 aromatic carbocycles. The highest BCUT2D eigenvalue weighted by atomic mass is 79.9. The second-order valence-corrected chi connectivity index (χ2v) is 4.41. The zero-order valence-corrected chi connectivity index (χ0v) is 9.81. The van der Waals surface area contributed by atoms with E-state index in [9.17, 15) is 4.39 Å². The minimum absolute atomic E-state index is 0.0324. The lowest BCUT2D eigenvalue weighted by atomic mass is 9.97. The first-order chi connectivity index (χ1) is 6.56. The first-order valence-corrected chi connectivity index (χ1v) is 5.26. The monoisotopic (exact) mass is 260 g/mol. The second-order valence-electron chi connectivity index (χ2n) is 3.55. The molecular formula is C10H14BrFN2. The lowest BCUT2D eigenvalue weighted by molar-refractivity contribution is 0.419. The summed E-state index contributed by atoms with van der Waals surface area (Å²) in [6.45, 7) is 4.11. The van der Waals surface area contributed by atoms with E-state index in [1.54, 1.807) is 6.07 Å². The Kier molecular flexibility index (Phi) is 4.04. The number of halogens is 2. The Morgan fingerprint density at radius 3 is 2.50 bits per heavy atom. The third-order valence-electron chi connectivity index (χ3n) is 2.14. The van der Waals surface area contributed by atoms with Crippen LogP contribution in [0.2, 0.25) is 0 Å². The van der Waals surface area contributed by atoms with Gasteiger partial charge in [0.15, 0.2) is 0 Å². The predicted octanol–water partition coefficient (Wildman–Crippen LogP) is 2.75. The van der Waals surface area contributed by atoms with Gasteiger partial charge in [0, 0.05) is 10.5 Å². The van der Waals surface area contributed by atoms with E-state index in [2.05, 4.69) is 35.2 Å². The maximum atomic E-state index is 12.8. The highest BCUT2D eigenvalue weighted by Crippen LogP contribution is 2.28. The van der Waals surface area contributed by atoms with Crippen molar-refractivity contribution in [2.75, 3.05) is 0 Å². The smallest absolute Gasteiger partial charge is 0.124 e. The largest absolute Gasteiger partial charge is 0.271 e. The van der Waals surface area contributed by atoms with Gasteiger partial charge in [-0.1, -0.05) is 35.8 Å². The van der Waals surface area contributed by atoms with Crippen LogP contribution in [0.1, 0.15) is 25.5 Å². The van der Waals surface area contributed by atoms with Crippen LogP contribution in [0.15, 0.2) is 22.7 Å². The number of nitrogens with one attached hydrogen (secondary N) is 1. The zero-order chi connectivity index (χ0) is 10.7. The summed E-state index contributed by atoms with van der Waals surface area (Å²) in [6, 6.07) is 4.66. The molecule has 0 aliphatic heterocycles. The van der Waals surface area contributed by atoms with E-state index in [0.29, 0.717) is 5.92 Å². The maximum absolute atomic E-state index is 12.8. The van der Waals surface area contributed by atoms with E-state index >= 15 is 0 Å². The summed E-state index contributed by atoms with van der Waals surface area (Å²) in [6.07, 6.45) is 0. The number of hydrogen-bond acceptors (Lipinski definition) is 2. The van der Waals surface area contributed by atoms with Crippen LogP contribution in [0, 0.1) is 11.7 Å². The molecular weight excluding hydrogens is 247 g/mol. The van der Waals surface area contributed by atoms with Crippen molar-refractivity contribution in [1.82, 2.24) is 5.43 Å². The molecule has 0 spiro atoms. The van der Waals surface area contributed by atoms with Crippen molar-refractivity contribution in [1.29, 1.82) is 0 Å². The van der Waals surface area contributed by atoms with Crippen LogP contribution in [0.25, 0.3) is 0 Å². The highest BCUT2D eigenvalue weighted by Gasteiger charge is 2.16. The Labute approximate surface area is 91.8 Å². The van der Waals surface area contributed by atoms with Crippen molar-refractivity contribution in [3.8, 4) is 0 Å². The Balaban J connectivity index is 3.04. The van der Waals surface area contributed by atoms with E-state index < -0.39 is 0 Å². The third-order valence-corrected chi connectivity index (χ3v) is 2.83. The van der Waals surface area contributed by atoms with Crippen LogP contribution in [0.3, 0.4) is 0 Å². The van der Waals surface area contributed by atoms with Crippen molar-refractivity contribution in [2.45, 2.75) is 19.9 Å². The average Bonchev–Trinajstić information content (AvgIpc) is 2.09. The predicted molar refractivity (Wildman–Crippen MR) is 59.0 cm³/mol. The minimum atomic E-state index is -0.250. The minimum Gasteiger partial charge on any atom is -0.271 e. The van der Waals surface area contributed by atoms with Crippen LogP contribution in [-0.2, 0) is 0 Å². The van der Waals surface area contributed by atoms with Gasteiger partial charge in [0.1, 0.15) is 5.82 Å². The summed E-state index contributed by atoms with van der Waals surface area (Å²) >= 11 is 3.32. The number of hydrazine groups is 1. The number of rotatable bonds is 3. The van der Waals surface area contributed by atoms with E-state index in [0.717, 1.165) is 10.0 Å². The normalized spacial score (nSPS) is 13.3. The molecule has 4 heteroatoms. The van der Waals surface area contributed by atoms with Crippen LogP contribution in [-0.4, -0.2) is 0 Å². The van der Waals surface area contributed by atoms with E-state index in [1.807, 2.05) is 0 Å². The highest BCUT2D eigenvalue weighted by molar-refractivity contribution is 9.10. The molecule has 0 aliphatic carbocycles. The molecule has 1 aromatic rings. The summed E-state index contributed by atoms with van der Waals surface area (Å²) in [5.41, 5.74) is 3.70. The van der Waals surface area contributed by atoms with E-state index in [-0.39, 0.29) is 11.9 Å². The topological polar surface area (TPSA) is 38.0 Å². The molecule has 0 heterocycles. The van der Waals surface area contributed by atoms with Gasteiger partial charge in [0.25, 0.3) is 0 Å². The number of hydrogen-bond donors (Lipinski definition) is 2. The average molecular weight is 261 g/mol. The standard InChI is InChI=1S/C10H14BrFN2/c1-6(2)10(14-13)8-4-3-7(12)5-9(8)11/h3-6,10,14H,13H2,1-2H3. The van der Waals surface area contributed by atoms with E-state index in [1.165, 1.54) is 12.1 Å². The van der Waals surface area contributed by atoms with Gasteiger partial charge in [0.2, 0.25) is 0 Å². The molecule has 0 radical (unpaired) electrons. The number of nitrogens with two attached hydrogens (primary N) is 1. The Hall–Kier alpha value is -0.450. The summed E-state index contributed by atoms with van der Waals surface area (Å²) < 4.78 is 13.6. The summed E-state index contributed by atoms with van der Waals surface area (Å²) in [5, 5.41) is 0. The Bertz CT molecular complexity index is 315. The summed E-state index contributed by atoms with van der Waals surface area (Å²) in [5.74, 6) is 5.55. The van der Waals surface area contributed by atoms with Crippen molar-refractivity contribution >= 4 is 15.9 Å². The fourth-order valence-electron chi connectivity index (χ4n) is 1.40. The van der Waals surface area contributed by atoms with Crippen LogP contribution < -0.4 is 11.3 Å². The SMILES string of the molecule is CC(C)C(NN)c1ccc(F)cc1Br. The fourth-order valence-corrected chi connectivity index (χ4v) is 1.99. The van der Waals surface area contributed by atoms with Gasteiger partial charge in [-0.2, -0.15) is 0 Å². The molecule has 3 N–H and O–H groups in total. The molecule has 0 aliphatic rings. The van der Waals surface area contributed by atoms with Crippen molar-refractivity contribution in [3.05, 3.63) is 34.1 Å². The lowest BCUT2D eigenvalue weighted by Crippen LogP contribution is -2.31. The van der Waals surface area contributed by atoms with Crippen molar-refractivity contribution < 1.29 is 4.39 Å². The Morgan fingerprint density at radius 2 is 2.07 bits per heavy atom. The van der Waals surface area contributed by atoms with Gasteiger partial charge in [-0.15, -0.1) is 0 Å². The molecule has 0 bridgehead atoms. The van der Waals surface area contributed by atoms with Crippen LogP contribution in [0.5, 0.6) is 0 Å². The summed E-state index contributed by atoms with van der Waals surface area (Å²) in [7, 11) is 0. The third kappa shape index (κ3) is 2.53. The lowest BCUT2D eigenvalue weighted by Gasteiger charge is -2.21. The Morgan fingerprint density at radius 1 is 1.43 bits per heavy atom. The molecule has 14 heavy (non-hydrogen) atoms. The molecule has 2 nitrogen and oxygen atoms in total. The van der Waals surface area contributed by atoms with Crippen molar-refractivity contribution in [3.63, 3.8) is 0 Å². The first kappa shape index (κ1) is 11.6. The summed E-state index contributed by atoms with van der Waals surface area (Å²) in [4.78, 5) is 0. The molecule has 1 atom stereocenters. The van der Waals surface area contributed by atoms with Gasteiger partial charge in [-0.25, -0.2) is 4.39 Å². The van der Waals surface area contributed by atoms with E-state index in [4.69, 9.17) is 5.84 Å². The van der Waals surface area contributed by atoms with Gasteiger partial charge < -0.3 is 0 Å². The second kappa shape index (κ2) is 4.87. The van der Waals surface area contributed by atoms with Crippen LogP contribution in [0.4, 0.5) is 4.39 Å². The molecule has 0 saturated heterocycles. The molecule has 1 rings (SSSR count). The van der Waals surface area contributed by atoms with Gasteiger partial charge in [0.05, 0.1) is 0 Å². The molecule has 1 unspecified atom stereocenters. The van der Waals surface area contributed by atoms with Gasteiger partial charge in [-0.3, -0.25) is 11.3 Å². The zero-order valence-electron chi connectivity index (χ0n) is 8.22. The first-order valence-electron chi connectivity index (χ1n) is 4.47. The van der Waals surface area contributed by atoms with Gasteiger partial charge >= 0.3 is 0 Å². The molecule has 0 saturated carbocycles. The maximum Gasteiger partial charge on any atom is 0.124 e. The molecule has 78 valence electrons. The van der Waals surface area contributed by atoms with Crippen LogP contribution >= 0.6 is 15.9 Å². The van der Waals surface area contributed by atoms with Gasteiger partial charge in [-0.05, 0) is 23.6 Å². The fraction of sp³-hybridized carbons (Fsp3) is 0.400. The molecule has 0 amide bonds. The quantitative estimate of drug-likeness (QED) is 0.648. The number of benzene rings is 1. The van der Waals surface area contributed by atoms with Crippen molar-refractivity contribution in [2.24, 2.45) is 11.8 Å². The molecule has 0 fully saturated rings.